The highest BCUT2D eigenvalue weighted by atomic mass is 35.5. The molecule has 0 aliphatic rings. The zero-order valence-electron chi connectivity index (χ0n) is 14.4. The van der Waals surface area contributed by atoms with E-state index in [0.29, 0.717) is 17.1 Å². The van der Waals surface area contributed by atoms with Gasteiger partial charge in [0, 0.05) is 16.6 Å². The first kappa shape index (κ1) is 18.3. The second-order valence-electron chi connectivity index (χ2n) is 6.13. The third-order valence-corrected chi connectivity index (χ3v) is 5.30. The van der Waals surface area contributed by atoms with Gasteiger partial charge in [-0.25, -0.2) is 8.42 Å². The number of benzene rings is 2. The fourth-order valence-electron chi connectivity index (χ4n) is 3.23. The molecule has 0 radical (unpaired) electrons. The van der Waals surface area contributed by atoms with E-state index in [9.17, 15) is 13.7 Å². The van der Waals surface area contributed by atoms with Crippen LogP contribution in [0.15, 0.2) is 54.7 Å². The summed E-state index contributed by atoms with van der Waals surface area (Å²) in [5.74, 6) is 0. The van der Waals surface area contributed by atoms with E-state index in [2.05, 4.69) is 10.8 Å². The van der Waals surface area contributed by atoms with Crippen LogP contribution in [0.3, 0.4) is 0 Å². The van der Waals surface area contributed by atoms with E-state index in [1.807, 2.05) is 42.0 Å². The highest BCUT2D eigenvalue weighted by Crippen LogP contribution is 2.36. The molecule has 7 heteroatoms. The molecule has 1 N–H and O–H groups in total. The van der Waals surface area contributed by atoms with Crippen LogP contribution in [0.5, 0.6) is 0 Å². The summed E-state index contributed by atoms with van der Waals surface area (Å²) in [4.78, 5) is 0. The topological polar surface area (TPSA) is 74.9 Å². The van der Waals surface area contributed by atoms with Crippen molar-refractivity contribution in [3.8, 4) is 6.07 Å². The maximum Gasteiger partial charge on any atom is 0.229 e. The number of aromatic nitrogens is 1. The molecule has 1 atom stereocenters. The van der Waals surface area contributed by atoms with Gasteiger partial charge in [0.15, 0.2) is 5.54 Å². The Hall–Kier alpha value is -2.49. The summed E-state index contributed by atoms with van der Waals surface area (Å²) in [7, 11) is -3.40. The van der Waals surface area contributed by atoms with Crippen molar-refractivity contribution >= 4 is 38.2 Å². The third-order valence-electron chi connectivity index (χ3n) is 4.46. The number of hydrogen-bond donors (Lipinski definition) is 1. The number of anilines is 1. The number of rotatable bonds is 5. The molecule has 0 bridgehead atoms. The first-order chi connectivity index (χ1) is 12.3. The molecule has 1 aromatic heterocycles. The van der Waals surface area contributed by atoms with E-state index in [-0.39, 0.29) is 0 Å². The van der Waals surface area contributed by atoms with Gasteiger partial charge < -0.3 is 4.57 Å². The summed E-state index contributed by atoms with van der Waals surface area (Å²) in [6.45, 7) is 1.95. The highest BCUT2D eigenvalue weighted by Gasteiger charge is 2.33. The summed E-state index contributed by atoms with van der Waals surface area (Å²) in [6, 6.07) is 16.8. The van der Waals surface area contributed by atoms with Crippen molar-refractivity contribution in [3.05, 3.63) is 65.3 Å². The van der Waals surface area contributed by atoms with Gasteiger partial charge in [-0.15, -0.1) is 0 Å². The Bertz CT molecular complexity index is 1100. The third kappa shape index (κ3) is 3.16. The minimum atomic E-state index is -3.40. The molecule has 1 heterocycles. The number of halogens is 1. The predicted molar refractivity (Wildman–Crippen MR) is 105 cm³/mol. The smallest absolute Gasteiger partial charge is 0.229 e. The minimum Gasteiger partial charge on any atom is -0.324 e. The lowest BCUT2D eigenvalue weighted by molar-refractivity contribution is 0.459. The molecular formula is C19H18ClN3O2S. The van der Waals surface area contributed by atoms with Crippen LogP contribution in [0, 0.1) is 11.3 Å². The van der Waals surface area contributed by atoms with Crippen LogP contribution in [0.1, 0.15) is 18.9 Å². The van der Waals surface area contributed by atoms with Crippen LogP contribution in [0.25, 0.3) is 10.9 Å². The summed E-state index contributed by atoms with van der Waals surface area (Å²) in [5.41, 5.74) is 1.17. The molecule has 0 aliphatic carbocycles. The first-order valence-electron chi connectivity index (χ1n) is 8.06. The fraction of sp³-hybridized carbons (Fsp3) is 0.211. The molecule has 5 nitrogen and oxygen atoms in total. The number of nitrogens with zero attached hydrogens (tertiary/aromatic N) is 2. The second kappa shape index (κ2) is 6.67. The van der Waals surface area contributed by atoms with Crippen LogP contribution in [-0.2, 0) is 15.6 Å². The molecule has 2 aromatic carbocycles. The van der Waals surface area contributed by atoms with Crippen LogP contribution in [-0.4, -0.2) is 19.2 Å². The van der Waals surface area contributed by atoms with Crippen molar-refractivity contribution in [1.82, 2.24) is 4.57 Å². The summed E-state index contributed by atoms with van der Waals surface area (Å²) in [5, 5.41) is 11.4. The zero-order valence-corrected chi connectivity index (χ0v) is 16.0. The van der Waals surface area contributed by atoms with Crippen molar-refractivity contribution in [3.63, 3.8) is 0 Å². The molecule has 0 amide bonds. The van der Waals surface area contributed by atoms with Gasteiger partial charge in [0.1, 0.15) is 0 Å². The van der Waals surface area contributed by atoms with Crippen molar-refractivity contribution in [2.45, 2.75) is 18.9 Å². The van der Waals surface area contributed by atoms with Gasteiger partial charge in [-0.05, 0) is 42.3 Å². The Kier molecular flexibility index (Phi) is 4.70. The van der Waals surface area contributed by atoms with Crippen molar-refractivity contribution in [2.24, 2.45) is 0 Å². The van der Waals surface area contributed by atoms with Gasteiger partial charge in [0.05, 0.1) is 23.5 Å². The molecule has 0 saturated carbocycles. The number of nitrogens with one attached hydrogen (secondary N) is 1. The first-order valence-corrected chi connectivity index (χ1v) is 10.3. The van der Waals surface area contributed by atoms with E-state index in [4.69, 9.17) is 11.6 Å². The van der Waals surface area contributed by atoms with Crippen LogP contribution in [0.4, 0.5) is 5.69 Å². The van der Waals surface area contributed by atoms with Crippen LogP contribution in [0.2, 0.25) is 5.02 Å². The number of fused-ring (bicyclic) bond motifs is 1. The maximum absolute atomic E-state index is 11.6. The molecule has 26 heavy (non-hydrogen) atoms. The Morgan fingerprint density at radius 1 is 1.19 bits per heavy atom. The molecule has 3 rings (SSSR count). The number of hydrogen-bond acceptors (Lipinski definition) is 3. The lowest BCUT2D eigenvalue weighted by Crippen LogP contribution is -2.32. The Balaban J connectivity index is 2.24. The van der Waals surface area contributed by atoms with Gasteiger partial charge in [-0.3, -0.25) is 4.72 Å². The van der Waals surface area contributed by atoms with E-state index in [1.165, 1.54) is 0 Å². The summed E-state index contributed by atoms with van der Waals surface area (Å²) in [6.07, 6.45) is 3.47. The van der Waals surface area contributed by atoms with Crippen molar-refractivity contribution in [2.75, 3.05) is 11.0 Å². The van der Waals surface area contributed by atoms with E-state index < -0.39 is 15.6 Å². The van der Waals surface area contributed by atoms with Gasteiger partial charge in [-0.2, -0.15) is 5.26 Å². The Morgan fingerprint density at radius 2 is 1.88 bits per heavy atom. The number of nitriles is 1. The molecular weight excluding hydrogens is 370 g/mol. The maximum atomic E-state index is 11.6. The average molecular weight is 388 g/mol. The lowest BCUT2D eigenvalue weighted by atomic mass is 9.88. The van der Waals surface area contributed by atoms with E-state index in [0.717, 1.165) is 22.7 Å². The van der Waals surface area contributed by atoms with Gasteiger partial charge in [-0.1, -0.05) is 36.7 Å². The summed E-state index contributed by atoms with van der Waals surface area (Å²) < 4.78 is 27.7. The predicted octanol–water partition coefficient (Wildman–Crippen LogP) is 4.34. The van der Waals surface area contributed by atoms with Crippen molar-refractivity contribution < 1.29 is 8.42 Å². The standard InChI is InChI=1S/C19H18ClN3O2S/c1-3-19(13-21,14-7-9-15(20)10-8-14)23-12-11-16-17(22-26(2,24)25)5-4-6-18(16)23/h4-12,22H,3H2,1-2H3/t19-/m0/s1. The number of sulfonamides is 1. The van der Waals surface area contributed by atoms with Crippen LogP contribution < -0.4 is 4.72 Å². The van der Waals surface area contributed by atoms with E-state index >= 15 is 0 Å². The SMILES string of the molecule is CC[C@](C#N)(c1ccc(Cl)cc1)n1ccc2c(NS(C)(=O)=O)cccc21. The fourth-order valence-corrected chi connectivity index (χ4v) is 3.93. The lowest BCUT2D eigenvalue weighted by Gasteiger charge is -2.29. The normalized spacial score (nSPS) is 13.9. The Labute approximate surface area is 157 Å². The quantitative estimate of drug-likeness (QED) is 0.707. The monoisotopic (exact) mass is 387 g/mol. The minimum absolute atomic E-state index is 0.489. The van der Waals surface area contributed by atoms with Crippen molar-refractivity contribution in [1.29, 1.82) is 5.26 Å². The zero-order chi connectivity index (χ0) is 18.9. The summed E-state index contributed by atoms with van der Waals surface area (Å²) >= 11 is 6.00. The molecule has 0 fully saturated rings. The van der Waals surface area contributed by atoms with Gasteiger partial charge in [0.2, 0.25) is 10.0 Å². The molecule has 0 aliphatic heterocycles. The van der Waals surface area contributed by atoms with E-state index in [1.54, 1.807) is 24.3 Å². The Morgan fingerprint density at radius 3 is 2.46 bits per heavy atom. The van der Waals surface area contributed by atoms with Gasteiger partial charge in [0.25, 0.3) is 0 Å². The molecule has 0 unspecified atom stereocenters. The van der Waals surface area contributed by atoms with Crippen LogP contribution >= 0.6 is 11.6 Å². The molecule has 134 valence electrons. The average Bonchev–Trinajstić information content (AvgIpc) is 3.03. The van der Waals surface area contributed by atoms with Gasteiger partial charge >= 0.3 is 0 Å². The largest absolute Gasteiger partial charge is 0.324 e. The molecule has 0 spiro atoms. The second-order valence-corrected chi connectivity index (χ2v) is 8.32. The molecule has 0 saturated heterocycles. The molecule has 3 aromatic rings. The highest BCUT2D eigenvalue weighted by molar-refractivity contribution is 7.92.